The van der Waals surface area contributed by atoms with Gasteiger partial charge in [0, 0.05) is 61.5 Å². The zero-order valence-corrected chi connectivity index (χ0v) is 35.3. The number of fused-ring (bicyclic) bond motifs is 5. The number of ketones is 2. The lowest BCUT2D eigenvalue weighted by atomic mass is 9.81. The van der Waals surface area contributed by atoms with Crippen molar-refractivity contribution in [3.05, 3.63) is 253 Å². The molecule has 1 aromatic heterocycles. The number of rotatable bonds is 7. The third kappa shape index (κ3) is 7.25. The summed E-state index contributed by atoms with van der Waals surface area (Å²) in [7, 11) is 0. The first-order valence-corrected chi connectivity index (χ1v) is 21.3. The van der Waals surface area contributed by atoms with E-state index in [1.54, 1.807) is 12.1 Å². The third-order valence-corrected chi connectivity index (χ3v) is 12.0. The van der Waals surface area contributed by atoms with Crippen LogP contribution in [0, 0.1) is 0 Å². The fraction of sp³-hybridized carbons (Fsp3) is 0.0169. The zero-order chi connectivity index (χ0) is 43.7. The largest absolute Gasteiger partial charge is 0.398 e. The van der Waals surface area contributed by atoms with E-state index < -0.39 is 0 Å². The number of carbonyl (C=O) groups excluding carboxylic acids is 2. The van der Waals surface area contributed by atoms with Crippen LogP contribution >= 0.6 is 0 Å². The van der Waals surface area contributed by atoms with Gasteiger partial charge in [-0.05, 0) is 131 Å². The van der Waals surface area contributed by atoms with E-state index in [4.69, 9.17) is 5.73 Å². The summed E-state index contributed by atoms with van der Waals surface area (Å²) in [6.45, 7) is 5.76. The Bertz CT molecular complexity index is 3290. The van der Waals surface area contributed by atoms with Gasteiger partial charge in [-0.25, -0.2) is 0 Å². The van der Waals surface area contributed by atoms with Crippen molar-refractivity contribution in [2.75, 3.05) is 10.6 Å². The highest BCUT2D eigenvalue weighted by Gasteiger charge is 2.30. The van der Waals surface area contributed by atoms with Gasteiger partial charge in [0.2, 0.25) is 0 Å². The number of para-hydroxylation sites is 5. The summed E-state index contributed by atoms with van der Waals surface area (Å²) in [4.78, 5) is 30.2. The average molecular weight is 826 g/mol. The lowest BCUT2D eigenvalue weighted by Gasteiger charge is -2.25. The molecule has 0 radical (unpaired) electrons. The minimum absolute atomic E-state index is 0.133. The second-order valence-electron chi connectivity index (χ2n) is 16.0. The van der Waals surface area contributed by atoms with Crippen molar-refractivity contribution < 1.29 is 9.59 Å². The Kier molecular flexibility index (Phi) is 10.3. The third-order valence-electron chi connectivity index (χ3n) is 12.0. The number of nitrogens with zero attached hydrogens (tertiary/aromatic N) is 2. The van der Waals surface area contributed by atoms with Gasteiger partial charge in [-0.3, -0.25) is 9.59 Å². The normalized spacial score (nSPS) is 11.7. The van der Waals surface area contributed by atoms with Crippen molar-refractivity contribution in [3.63, 3.8) is 0 Å². The van der Waals surface area contributed by atoms with E-state index in [9.17, 15) is 9.59 Å². The maximum Gasteiger partial charge on any atom is 0.194 e. The van der Waals surface area contributed by atoms with Crippen molar-refractivity contribution >= 4 is 61.7 Å². The van der Waals surface area contributed by atoms with Gasteiger partial charge >= 0.3 is 0 Å². The number of allylic oxidation sites excluding steroid dienone is 1. The number of nitrogen functional groups attached to an aromatic ring is 1. The summed E-state index contributed by atoms with van der Waals surface area (Å²) in [5, 5.41) is 2.43. The molecule has 5 heteroatoms. The van der Waals surface area contributed by atoms with Crippen LogP contribution < -0.4 is 10.6 Å². The van der Waals surface area contributed by atoms with E-state index in [1.165, 1.54) is 10.8 Å². The Morgan fingerprint density at radius 1 is 0.438 bits per heavy atom. The highest BCUT2D eigenvalue weighted by molar-refractivity contribution is 6.29. The Morgan fingerprint density at radius 2 is 0.844 bits per heavy atom. The lowest BCUT2D eigenvalue weighted by molar-refractivity contribution is 0.0979. The van der Waals surface area contributed by atoms with E-state index in [0.717, 1.165) is 72.9 Å². The first-order chi connectivity index (χ1) is 31.3. The number of carbonyl (C=O) groups is 2. The Balaban J connectivity index is 0.000000430. The lowest BCUT2D eigenvalue weighted by Crippen LogP contribution is -2.21. The summed E-state index contributed by atoms with van der Waals surface area (Å²) in [5.74, 6) is -0.266. The maximum absolute atomic E-state index is 14.0. The summed E-state index contributed by atoms with van der Waals surface area (Å²) in [5.41, 5.74) is 20.5. The number of benzene rings is 9. The van der Waals surface area contributed by atoms with Crippen LogP contribution in [0.5, 0.6) is 0 Å². The molecule has 0 amide bonds. The second kappa shape index (κ2) is 16.7. The van der Waals surface area contributed by atoms with Crippen molar-refractivity contribution in [3.8, 4) is 27.9 Å². The van der Waals surface area contributed by atoms with Crippen LogP contribution in [0.3, 0.4) is 0 Å². The molecule has 0 bridgehead atoms. The first kappa shape index (κ1) is 39.6. The SMILES string of the molecule is C=C(C)c1ccccc1N.O=C1c2ccc(-c3ccc(-n4c5ccccc5c5ccccc54)cc3)cc2C(=O)c2ccc(-c3ccc(N(c4ccccc4)c4ccccc4)cc3)cc21. The number of hydrogen-bond acceptors (Lipinski definition) is 4. The summed E-state index contributed by atoms with van der Waals surface area (Å²) >= 11 is 0. The monoisotopic (exact) mass is 825 g/mol. The van der Waals surface area contributed by atoms with E-state index in [-0.39, 0.29) is 11.6 Å². The van der Waals surface area contributed by atoms with E-state index in [0.29, 0.717) is 22.3 Å². The summed E-state index contributed by atoms with van der Waals surface area (Å²) < 4.78 is 2.28. The number of hydrogen-bond donors (Lipinski definition) is 1. The Morgan fingerprint density at radius 3 is 1.31 bits per heavy atom. The molecule has 10 aromatic rings. The van der Waals surface area contributed by atoms with Crippen LogP contribution in [0.2, 0.25) is 0 Å². The smallest absolute Gasteiger partial charge is 0.194 e. The topological polar surface area (TPSA) is 68.3 Å². The maximum atomic E-state index is 14.0. The molecular formula is C59H43N3O2. The van der Waals surface area contributed by atoms with E-state index in [2.05, 4.69) is 137 Å². The molecule has 64 heavy (non-hydrogen) atoms. The molecule has 306 valence electrons. The van der Waals surface area contributed by atoms with Gasteiger partial charge in [-0.2, -0.15) is 0 Å². The molecular weight excluding hydrogens is 783 g/mol. The van der Waals surface area contributed by atoms with Crippen LogP contribution in [-0.4, -0.2) is 16.1 Å². The van der Waals surface area contributed by atoms with Gasteiger partial charge in [0.25, 0.3) is 0 Å². The van der Waals surface area contributed by atoms with Gasteiger partial charge in [0.05, 0.1) is 11.0 Å². The Hall–Kier alpha value is -8.54. The standard InChI is InChI=1S/C50H32N2O2.C9H11N/c53-49-44-30-24-36(34-21-27-40(28-22-34)52-47-17-9-7-15-41(47)42-16-8-10-18-48(42)52)32-46(44)50(54)43-29-23-35(31-45(43)49)33-19-25-39(26-20-33)51(37-11-3-1-4-12-37)38-13-5-2-6-14-38;1-7(2)8-5-3-4-6-9(8)10/h1-32H;3-6H,1,10H2,2H3. The van der Waals surface area contributed by atoms with Crippen LogP contribution in [0.25, 0.3) is 55.3 Å². The average Bonchev–Trinajstić information content (AvgIpc) is 3.68. The van der Waals surface area contributed by atoms with Crippen molar-refractivity contribution in [2.24, 2.45) is 0 Å². The van der Waals surface area contributed by atoms with Crippen LogP contribution in [0.1, 0.15) is 44.3 Å². The van der Waals surface area contributed by atoms with Crippen LogP contribution in [-0.2, 0) is 0 Å². The summed E-state index contributed by atoms with van der Waals surface area (Å²) in [6, 6.07) is 73.1. The second-order valence-corrected chi connectivity index (χ2v) is 16.0. The quantitative estimate of drug-likeness (QED) is 0.163. The fourth-order valence-electron chi connectivity index (χ4n) is 8.80. The van der Waals surface area contributed by atoms with E-state index >= 15 is 0 Å². The molecule has 9 aromatic carbocycles. The molecule has 0 atom stereocenters. The van der Waals surface area contributed by atoms with Crippen molar-refractivity contribution in [1.82, 2.24) is 4.57 Å². The molecule has 1 heterocycles. The first-order valence-electron chi connectivity index (χ1n) is 21.3. The van der Waals surface area contributed by atoms with Gasteiger partial charge in [-0.1, -0.05) is 134 Å². The minimum atomic E-state index is -0.134. The fourth-order valence-corrected chi connectivity index (χ4v) is 8.80. The molecule has 0 aliphatic heterocycles. The molecule has 11 rings (SSSR count). The van der Waals surface area contributed by atoms with Crippen LogP contribution in [0.4, 0.5) is 22.7 Å². The van der Waals surface area contributed by atoms with Gasteiger partial charge in [-0.15, -0.1) is 0 Å². The molecule has 2 N–H and O–H groups in total. The Labute approximate surface area is 372 Å². The highest BCUT2D eigenvalue weighted by atomic mass is 16.1. The van der Waals surface area contributed by atoms with Gasteiger partial charge < -0.3 is 15.2 Å². The predicted octanol–water partition coefficient (Wildman–Crippen LogP) is 14.7. The molecule has 1 aliphatic carbocycles. The molecule has 0 unspecified atom stereocenters. The molecule has 1 aliphatic rings. The molecule has 0 saturated carbocycles. The minimum Gasteiger partial charge on any atom is -0.398 e. The zero-order valence-electron chi connectivity index (χ0n) is 35.3. The van der Waals surface area contributed by atoms with E-state index in [1.807, 2.05) is 91.9 Å². The number of nitrogens with two attached hydrogens (primary N) is 1. The number of anilines is 4. The van der Waals surface area contributed by atoms with Gasteiger partial charge in [0.15, 0.2) is 11.6 Å². The molecule has 0 saturated heterocycles. The predicted molar refractivity (Wildman–Crippen MR) is 265 cm³/mol. The van der Waals surface area contributed by atoms with Crippen molar-refractivity contribution in [1.29, 1.82) is 0 Å². The number of aromatic nitrogens is 1. The van der Waals surface area contributed by atoms with Crippen LogP contribution in [0.15, 0.2) is 225 Å². The molecule has 0 fully saturated rings. The van der Waals surface area contributed by atoms with Crippen molar-refractivity contribution in [2.45, 2.75) is 6.92 Å². The molecule has 0 spiro atoms. The molecule has 5 nitrogen and oxygen atoms in total. The highest BCUT2D eigenvalue weighted by Crippen LogP contribution is 2.38. The summed E-state index contributed by atoms with van der Waals surface area (Å²) in [6.07, 6.45) is 0. The van der Waals surface area contributed by atoms with Gasteiger partial charge in [0.1, 0.15) is 0 Å².